The normalized spacial score (nSPS) is 22.9. The molecule has 11 nitrogen and oxygen atoms in total. The van der Waals surface area contributed by atoms with E-state index < -0.39 is 22.2 Å². The Hall–Kier alpha value is -1.73. The van der Waals surface area contributed by atoms with Crippen LogP contribution in [0.3, 0.4) is 0 Å². The van der Waals surface area contributed by atoms with Crippen molar-refractivity contribution >= 4 is 39.2 Å². The van der Waals surface area contributed by atoms with Crippen molar-refractivity contribution in [1.82, 2.24) is 29.6 Å². The molecule has 13 heteroatoms. The lowest BCUT2D eigenvalue weighted by molar-refractivity contribution is 0.159. The number of likely N-dealkylation sites (N-methyl/N-ethyl adjacent to an activating group) is 1. The van der Waals surface area contributed by atoms with E-state index in [2.05, 4.69) is 30.4 Å². The summed E-state index contributed by atoms with van der Waals surface area (Å²) in [7, 11) is -1.63. The van der Waals surface area contributed by atoms with Gasteiger partial charge < -0.3 is 20.6 Å². The van der Waals surface area contributed by atoms with Gasteiger partial charge in [-0.25, -0.2) is 13.1 Å². The summed E-state index contributed by atoms with van der Waals surface area (Å²) in [6.07, 6.45) is 1.47. The Bertz CT molecular complexity index is 978. The molecule has 2 aromatic rings. The number of aliphatic hydroxyl groups excluding tert-OH is 1. The second kappa shape index (κ2) is 8.19. The van der Waals surface area contributed by atoms with Crippen molar-refractivity contribution in [3.63, 3.8) is 0 Å². The van der Waals surface area contributed by atoms with E-state index in [9.17, 15) is 13.5 Å². The molecule has 0 aromatic carbocycles. The number of aliphatic hydroxyl groups is 1. The predicted octanol–water partition coefficient (Wildman–Crippen LogP) is -0.570. The quantitative estimate of drug-likeness (QED) is 0.421. The lowest BCUT2D eigenvalue weighted by Gasteiger charge is -2.39. The Kier molecular flexibility index (Phi) is 5.80. The minimum Gasteiger partial charge on any atom is -0.391 e. The molecule has 0 unspecified atom stereocenters. The topological polar surface area (TPSA) is 137 Å². The van der Waals surface area contributed by atoms with Crippen LogP contribution in [-0.4, -0.2) is 83.7 Å². The summed E-state index contributed by atoms with van der Waals surface area (Å²) in [4.78, 5) is 11.0. The zero-order valence-electron chi connectivity index (χ0n) is 16.0. The molecular weight excluding hydrogens is 420 g/mol. The highest BCUT2D eigenvalue weighted by Gasteiger charge is 2.30. The number of sulfonamides is 1. The van der Waals surface area contributed by atoms with E-state index in [0.29, 0.717) is 36.4 Å². The van der Waals surface area contributed by atoms with Crippen molar-refractivity contribution in [3.05, 3.63) is 11.2 Å². The number of anilines is 2. The van der Waals surface area contributed by atoms with Gasteiger partial charge in [0.15, 0.2) is 10.8 Å². The van der Waals surface area contributed by atoms with Crippen molar-refractivity contribution in [3.8, 4) is 0 Å². The third-order valence-corrected chi connectivity index (χ3v) is 6.91. The summed E-state index contributed by atoms with van der Waals surface area (Å²) < 4.78 is 28.7. The van der Waals surface area contributed by atoms with Gasteiger partial charge in [-0.3, -0.25) is 0 Å². The van der Waals surface area contributed by atoms with E-state index in [-0.39, 0.29) is 17.5 Å². The van der Waals surface area contributed by atoms with E-state index in [0.717, 1.165) is 19.5 Å². The molecule has 1 saturated carbocycles. The standard InChI is InChI=1S/C16H25ClN8O3S/c1-18-10-8-24(9-10)16-20-14-7-13(17)22-25(14)15(21-16)19-5-6-29(27,28)23-11-3-2-4-12(11)26/h7,10-12,18,23,26H,2-6,8-9H2,1H3,(H,19,20,21)/t11-,12-/m0/s1. The average Bonchev–Trinajstić information content (AvgIpc) is 3.18. The first-order valence-corrected chi connectivity index (χ1v) is 11.6. The number of hydrogen-bond donors (Lipinski definition) is 4. The molecule has 1 saturated heterocycles. The Morgan fingerprint density at radius 2 is 2.10 bits per heavy atom. The number of fused-ring (bicyclic) bond motifs is 1. The van der Waals surface area contributed by atoms with Gasteiger partial charge in [0, 0.05) is 37.8 Å². The molecule has 0 radical (unpaired) electrons. The van der Waals surface area contributed by atoms with Crippen LogP contribution in [0.5, 0.6) is 0 Å². The molecule has 2 aliphatic rings. The van der Waals surface area contributed by atoms with Gasteiger partial charge in [0.2, 0.25) is 21.9 Å². The second-order valence-electron chi connectivity index (χ2n) is 7.44. The summed E-state index contributed by atoms with van der Waals surface area (Å²) >= 11 is 6.02. The van der Waals surface area contributed by atoms with E-state index in [1.807, 2.05) is 11.9 Å². The highest BCUT2D eigenvalue weighted by molar-refractivity contribution is 7.89. The maximum Gasteiger partial charge on any atom is 0.230 e. The molecular formula is C16H25ClN8O3S. The van der Waals surface area contributed by atoms with Crippen LogP contribution < -0.4 is 20.3 Å². The number of hydrogen-bond acceptors (Lipinski definition) is 9. The Labute approximate surface area is 173 Å². The average molecular weight is 445 g/mol. The third kappa shape index (κ3) is 4.56. The lowest BCUT2D eigenvalue weighted by atomic mass is 10.1. The Balaban J connectivity index is 1.44. The maximum atomic E-state index is 12.3. The zero-order chi connectivity index (χ0) is 20.6. The van der Waals surface area contributed by atoms with Crippen LogP contribution in [-0.2, 0) is 10.0 Å². The van der Waals surface area contributed by atoms with Gasteiger partial charge in [-0.2, -0.15) is 19.6 Å². The first-order valence-electron chi connectivity index (χ1n) is 9.62. The largest absolute Gasteiger partial charge is 0.391 e. The predicted molar refractivity (Wildman–Crippen MR) is 110 cm³/mol. The van der Waals surface area contributed by atoms with E-state index in [1.165, 1.54) is 4.52 Å². The number of nitrogens with zero attached hydrogens (tertiary/aromatic N) is 5. The van der Waals surface area contributed by atoms with Gasteiger partial charge >= 0.3 is 0 Å². The van der Waals surface area contributed by atoms with Gasteiger partial charge in [0.25, 0.3) is 0 Å². The summed E-state index contributed by atoms with van der Waals surface area (Å²) in [5, 5.41) is 20.5. The van der Waals surface area contributed by atoms with Crippen LogP contribution in [0.2, 0.25) is 5.15 Å². The van der Waals surface area contributed by atoms with Crippen LogP contribution in [0.25, 0.3) is 5.65 Å². The SMILES string of the molecule is CNC1CN(c2nc(NCCS(=O)(=O)N[C@H]3CCC[C@@H]3O)n3nc(Cl)cc3n2)C1. The Morgan fingerprint density at radius 3 is 2.79 bits per heavy atom. The molecule has 2 fully saturated rings. The molecule has 1 aliphatic carbocycles. The highest BCUT2D eigenvalue weighted by atomic mass is 35.5. The zero-order valence-corrected chi connectivity index (χ0v) is 17.6. The number of rotatable bonds is 8. The van der Waals surface area contributed by atoms with Crippen LogP contribution in [0.4, 0.5) is 11.9 Å². The minimum absolute atomic E-state index is 0.125. The second-order valence-corrected chi connectivity index (χ2v) is 9.70. The molecule has 2 atom stereocenters. The first kappa shape index (κ1) is 20.5. The fourth-order valence-corrected chi connectivity index (χ4v) is 4.99. The van der Waals surface area contributed by atoms with Crippen molar-refractivity contribution < 1.29 is 13.5 Å². The number of halogens is 1. The van der Waals surface area contributed by atoms with E-state index in [1.54, 1.807) is 6.07 Å². The van der Waals surface area contributed by atoms with Crippen LogP contribution in [0.1, 0.15) is 19.3 Å². The molecule has 0 spiro atoms. The van der Waals surface area contributed by atoms with Gasteiger partial charge in [0.05, 0.1) is 11.9 Å². The maximum absolute atomic E-state index is 12.3. The summed E-state index contributed by atoms with van der Waals surface area (Å²) in [5.41, 5.74) is 0.533. The van der Waals surface area contributed by atoms with Crippen molar-refractivity contribution in [1.29, 1.82) is 0 Å². The molecule has 4 rings (SSSR count). The lowest BCUT2D eigenvalue weighted by Crippen LogP contribution is -2.57. The molecule has 1 aliphatic heterocycles. The van der Waals surface area contributed by atoms with Gasteiger partial charge in [-0.15, -0.1) is 0 Å². The van der Waals surface area contributed by atoms with Gasteiger partial charge in [-0.05, 0) is 26.3 Å². The third-order valence-electron chi connectivity index (χ3n) is 5.32. The number of aromatic nitrogens is 4. The van der Waals surface area contributed by atoms with Crippen molar-refractivity contribution in [2.45, 2.75) is 37.5 Å². The van der Waals surface area contributed by atoms with Crippen LogP contribution >= 0.6 is 11.6 Å². The van der Waals surface area contributed by atoms with Gasteiger partial charge in [0.1, 0.15) is 0 Å². The monoisotopic (exact) mass is 444 g/mol. The fraction of sp³-hybridized carbons (Fsp3) is 0.688. The molecule has 0 amide bonds. The first-order chi connectivity index (χ1) is 13.8. The molecule has 4 N–H and O–H groups in total. The Morgan fingerprint density at radius 1 is 1.31 bits per heavy atom. The summed E-state index contributed by atoms with van der Waals surface area (Å²) in [6.45, 7) is 1.70. The van der Waals surface area contributed by atoms with Crippen molar-refractivity contribution in [2.75, 3.05) is 42.7 Å². The van der Waals surface area contributed by atoms with Crippen molar-refractivity contribution in [2.24, 2.45) is 0 Å². The molecule has 2 aromatic heterocycles. The van der Waals surface area contributed by atoms with Crippen LogP contribution in [0, 0.1) is 0 Å². The molecule has 29 heavy (non-hydrogen) atoms. The van der Waals surface area contributed by atoms with Crippen LogP contribution in [0.15, 0.2) is 6.07 Å². The molecule has 3 heterocycles. The fourth-order valence-electron chi connectivity index (χ4n) is 3.59. The van der Waals surface area contributed by atoms with E-state index in [4.69, 9.17) is 11.6 Å². The number of nitrogens with one attached hydrogen (secondary N) is 3. The molecule has 160 valence electrons. The summed E-state index contributed by atoms with van der Waals surface area (Å²) in [5.74, 6) is 0.761. The minimum atomic E-state index is -3.54. The van der Waals surface area contributed by atoms with Gasteiger partial charge in [-0.1, -0.05) is 11.6 Å². The molecule has 0 bridgehead atoms. The highest BCUT2D eigenvalue weighted by Crippen LogP contribution is 2.22. The smallest absolute Gasteiger partial charge is 0.230 e. The van der Waals surface area contributed by atoms with E-state index >= 15 is 0 Å². The summed E-state index contributed by atoms with van der Waals surface area (Å²) in [6, 6.07) is 1.61.